The molecule has 1 aromatic heterocycles. The van der Waals surface area contributed by atoms with Crippen LogP contribution in [0.3, 0.4) is 0 Å². The van der Waals surface area contributed by atoms with E-state index < -0.39 is 11.6 Å². The molecule has 4 rings (SSSR count). The monoisotopic (exact) mass is 440 g/mol. The van der Waals surface area contributed by atoms with Crippen molar-refractivity contribution >= 4 is 5.91 Å². The van der Waals surface area contributed by atoms with Gasteiger partial charge in [-0.25, -0.2) is 8.78 Å². The smallest absolute Gasteiger partial charge is 0.257 e. The Hall–Kier alpha value is -3.26. The van der Waals surface area contributed by atoms with Gasteiger partial charge in [0.05, 0.1) is 12.7 Å². The molecule has 0 N–H and O–H groups in total. The molecule has 1 unspecified atom stereocenters. The third-order valence-corrected chi connectivity index (χ3v) is 5.97. The first-order valence-electron chi connectivity index (χ1n) is 10.5. The highest BCUT2D eigenvalue weighted by Gasteiger charge is 2.29. The maximum absolute atomic E-state index is 14.4. The molecule has 2 aromatic carbocycles. The van der Waals surface area contributed by atoms with Gasteiger partial charge < -0.3 is 9.64 Å². The summed E-state index contributed by atoms with van der Waals surface area (Å²) in [5, 5.41) is 4.27. The first-order valence-corrected chi connectivity index (χ1v) is 10.5. The van der Waals surface area contributed by atoms with E-state index in [1.54, 1.807) is 25.3 Å². The summed E-state index contributed by atoms with van der Waals surface area (Å²) < 4.78 is 34.5. The average Bonchev–Trinajstić information content (AvgIpc) is 3.19. The first kappa shape index (κ1) is 22.0. The van der Waals surface area contributed by atoms with Crippen LogP contribution in [0.1, 0.15) is 28.9 Å². The summed E-state index contributed by atoms with van der Waals surface area (Å²) in [6.45, 7) is 4.67. The summed E-state index contributed by atoms with van der Waals surface area (Å²) in [4.78, 5) is 17.3. The lowest BCUT2D eigenvalue weighted by molar-refractivity contribution is 0.0582. The fourth-order valence-electron chi connectivity index (χ4n) is 4.12. The van der Waals surface area contributed by atoms with Crippen LogP contribution in [0.5, 0.6) is 5.75 Å². The van der Waals surface area contributed by atoms with Crippen LogP contribution in [0, 0.1) is 11.6 Å². The van der Waals surface area contributed by atoms with E-state index in [0.29, 0.717) is 31.7 Å². The molecule has 8 heteroatoms. The van der Waals surface area contributed by atoms with E-state index in [9.17, 15) is 13.6 Å². The van der Waals surface area contributed by atoms with Crippen molar-refractivity contribution in [1.82, 2.24) is 19.6 Å². The number of hydrogen-bond acceptors (Lipinski definition) is 4. The number of benzene rings is 2. The van der Waals surface area contributed by atoms with Gasteiger partial charge >= 0.3 is 0 Å². The lowest BCUT2D eigenvalue weighted by atomic mass is 10.0. The van der Waals surface area contributed by atoms with E-state index >= 15 is 0 Å². The van der Waals surface area contributed by atoms with Crippen molar-refractivity contribution in [3.05, 3.63) is 71.4 Å². The number of aryl methyl sites for hydroxylation is 1. The van der Waals surface area contributed by atoms with Crippen LogP contribution < -0.4 is 4.74 Å². The van der Waals surface area contributed by atoms with E-state index in [-0.39, 0.29) is 23.2 Å². The van der Waals surface area contributed by atoms with Gasteiger partial charge in [-0.3, -0.25) is 14.4 Å². The molecule has 1 atom stereocenters. The Morgan fingerprint density at radius 1 is 1.09 bits per heavy atom. The minimum atomic E-state index is -0.741. The molecule has 1 aliphatic rings. The van der Waals surface area contributed by atoms with Crippen LogP contribution in [-0.2, 0) is 7.05 Å². The SMILES string of the molecule is COc1cccc(C(C)N2CCN(C(=O)c3cn(C)nc3-c3ccc(F)cc3F)CC2)c1. The first-order chi connectivity index (χ1) is 15.4. The molecule has 1 aliphatic heterocycles. The number of carbonyl (C=O) groups excluding carboxylic acids is 1. The third-order valence-electron chi connectivity index (χ3n) is 5.97. The Morgan fingerprint density at radius 3 is 2.53 bits per heavy atom. The summed E-state index contributed by atoms with van der Waals surface area (Å²) in [6.07, 6.45) is 1.59. The number of halogens is 2. The Kier molecular flexibility index (Phi) is 6.23. The van der Waals surface area contributed by atoms with Gasteiger partial charge in [-0.1, -0.05) is 12.1 Å². The molecular formula is C24H26F2N4O2. The maximum Gasteiger partial charge on any atom is 0.257 e. The molecule has 6 nitrogen and oxygen atoms in total. The van der Waals surface area contributed by atoms with Crippen LogP contribution in [0.4, 0.5) is 8.78 Å². The van der Waals surface area contributed by atoms with Crippen LogP contribution in [0.15, 0.2) is 48.7 Å². The molecule has 3 aromatic rings. The maximum atomic E-state index is 14.4. The predicted octanol–water partition coefficient (Wildman–Crippen LogP) is 3.89. The van der Waals surface area contributed by atoms with Crippen LogP contribution in [0.2, 0.25) is 0 Å². The minimum absolute atomic E-state index is 0.112. The van der Waals surface area contributed by atoms with E-state index in [4.69, 9.17) is 4.74 Å². The second-order valence-electron chi connectivity index (χ2n) is 7.97. The summed E-state index contributed by atoms with van der Waals surface area (Å²) in [5.41, 5.74) is 1.81. The molecule has 2 heterocycles. The van der Waals surface area contributed by atoms with E-state index in [1.807, 2.05) is 18.2 Å². The largest absolute Gasteiger partial charge is 0.497 e. The highest BCUT2D eigenvalue weighted by atomic mass is 19.1. The predicted molar refractivity (Wildman–Crippen MR) is 117 cm³/mol. The standard InChI is InChI=1S/C24H26F2N4O2/c1-16(17-5-4-6-19(13-17)32-3)29-9-11-30(12-10-29)24(31)21-15-28(2)27-23(21)20-8-7-18(25)14-22(20)26/h4-8,13-16H,9-12H2,1-3H3. The molecule has 32 heavy (non-hydrogen) atoms. The normalized spacial score (nSPS) is 15.6. The second-order valence-corrected chi connectivity index (χ2v) is 7.97. The average molecular weight is 440 g/mol. The molecule has 0 saturated carbocycles. The number of piperazine rings is 1. The van der Waals surface area contributed by atoms with E-state index in [0.717, 1.165) is 17.4 Å². The van der Waals surface area contributed by atoms with Crippen LogP contribution in [-0.4, -0.2) is 58.8 Å². The molecule has 1 amide bonds. The zero-order chi connectivity index (χ0) is 22.8. The Bertz CT molecular complexity index is 1120. The topological polar surface area (TPSA) is 50.6 Å². The number of ether oxygens (including phenoxy) is 1. The van der Waals surface area contributed by atoms with Crippen molar-refractivity contribution in [1.29, 1.82) is 0 Å². The number of aromatic nitrogens is 2. The van der Waals surface area contributed by atoms with E-state index in [1.165, 1.54) is 16.8 Å². The van der Waals surface area contributed by atoms with Crippen LogP contribution >= 0.6 is 0 Å². The van der Waals surface area contributed by atoms with Crippen molar-refractivity contribution in [3.8, 4) is 17.0 Å². The molecule has 168 valence electrons. The third kappa shape index (κ3) is 4.36. The molecule has 0 spiro atoms. The van der Waals surface area contributed by atoms with Crippen LogP contribution in [0.25, 0.3) is 11.3 Å². The summed E-state index contributed by atoms with van der Waals surface area (Å²) in [7, 11) is 3.33. The fourth-order valence-corrected chi connectivity index (χ4v) is 4.12. The zero-order valence-electron chi connectivity index (χ0n) is 18.4. The number of rotatable bonds is 5. The highest BCUT2D eigenvalue weighted by molar-refractivity contribution is 6.00. The van der Waals surface area contributed by atoms with Crippen molar-refractivity contribution in [2.45, 2.75) is 13.0 Å². The fraction of sp³-hybridized carbons (Fsp3) is 0.333. The van der Waals surface area contributed by atoms with Gasteiger partial charge in [0, 0.05) is 57.1 Å². The Labute approximate surface area is 186 Å². The molecule has 1 fully saturated rings. The summed E-state index contributed by atoms with van der Waals surface area (Å²) in [6, 6.07) is 11.5. The van der Waals surface area contributed by atoms with Gasteiger partial charge in [0.1, 0.15) is 23.1 Å². The van der Waals surface area contributed by atoms with Gasteiger partial charge in [0.15, 0.2) is 0 Å². The Morgan fingerprint density at radius 2 is 1.84 bits per heavy atom. The summed E-state index contributed by atoms with van der Waals surface area (Å²) in [5.74, 6) is -0.795. The van der Waals surface area contributed by atoms with Crippen molar-refractivity contribution < 1.29 is 18.3 Å². The van der Waals surface area contributed by atoms with Gasteiger partial charge in [0.25, 0.3) is 5.91 Å². The minimum Gasteiger partial charge on any atom is -0.497 e. The molecule has 1 saturated heterocycles. The Balaban J connectivity index is 1.48. The molecule has 0 bridgehead atoms. The van der Waals surface area contributed by atoms with Crippen molar-refractivity contribution in [3.63, 3.8) is 0 Å². The van der Waals surface area contributed by atoms with E-state index in [2.05, 4.69) is 23.0 Å². The number of amides is 1. The zero-order valence-corrected chi connectivity index (χ0v) is 18.4. The van der Waals surface area contributed by atoms with Gasteiger partial charge in [0.2, 0.25) is 0 Å². The second kappa shape index (κ2) is 9.08. The number of hydrogen-bond donors (Lipinski definition) is 0. The number of carbonyl (C=O) groups is 1. The molecular weight excluding hydrogens is 414 g/mol. The number of nitrogens with zero attached hydrogens (tertiary/aromatic N) is 4. The van der Waals surface area contributed by atoms with Gasteiger partial charge in [-0.05, 0) is 36.8 Å². The molecule has 0 radical (unpaired) electrons. The van der Waals surface area contributed by atoms with Crippen molar-refractivity contribution in [2.24, 2.45) is 7.05 Å². The highest BCUT2D eigenvalue weighted by Crippen LogP contribution is 2.28. The summed E-state index contributed by atoms with van der Waals surface area (Å²) >= 11 is 0. The lowest BCUT2D eigenvalue weighted by Gasteiger charge is -2.38. The van der Waals surface area contributed by atoms with Gasteiger partial charge in [-0.2, -0.15) is 5.10 Å². The quantitative estimate of drug-likeness (QED) is 0.604. The van der Waals surface area contributed by atoms with Crippen molar-refractivity contribution in [2.75, 3.05) is 33.3 Å². The number of methoxy groups -OCH3 is 1. The van der Waals surface area contributed by atoms with Gasteiger partial charge in [-0.15, -0.1) is 0 Å². The molecule has 0 aliphatic carbocycles. The lowest BCUT2D eigenvalue weighted by Crippen LogP contribution is -2.49.